The van der Waals surface area contributed by atoms with Gasteiger partial charge in [0.15, 0.2) is 0 Å². The number of halogens is 1. The summed E-state index contributed by atoms with van der Waals surface area (Å²) in [7, 11) is 0. The molecule has 1 unspecified atom stereocenters. The molecule has 1 aliphatic carbocycles. The van der Waals surface area contributed by atoms with E-state index in [1.807, 2.05) is 0 Å². The summed E-state index contributed by atoms with van der Waals surface area (Å²) in [6.07, 6.45) is 3.14. The van der Waals surface area contributed by atoms with E-state index >= 15 is 0 Å². The molecule has 2 aliphatic rings. The van der Waals surface area contributed by atoms with Crippen LogP contribution in [0.2, 0.25) is 0 Å². The highest BCUT2D eigenvalue weighted by atomic mass is 35.5. The predicted molar refractivity (Wildman–Crippen MR) is 49.6 cm³/mol. The van der Waals surface area contributed by atoms with E-state index in [9.17, 15) is 0 Å². The molecule has 2 rings (SSSR count). The van der Waals surface area contributed by atoms with Crippen LogP contribution in [0.5, 0.6) is 0 Å². The predicted octanol–water partition coefficient (Wildman–Crippen LogP) is 1.34. The maximum absolute atomic E-state index is 5.75. The molecule has 1 heterocycles. The molecule has 70 valence electrons. The van der Waals surface area contributed by atoms with E-state index in [0.29, 0.717) is 5.88 Å². The fourth-order valence-electron chi connectivity index (χ4n) is 1.71. The molecule has 0 bridgehead atoms. The zero-order chi connectivity index (χ0) is 8.39. The molecular weight excluding hydrogens is 174 g/mol. The van der Waals surface area contributed by atoms with Crippen molar-refractivity contribution in [3.8, 4) is 0 Å². The Labute approximate surface area is 78.8 Å². The van der Waals surface area contributed by atoms with Gasteiger partial charge >= 0.3 is 0 Å². The Morgan fingerprint density at radius 1 is 1.42 bits per heavy atom. The Kier molecular flexibility index (Phi) is 2.89. The Bertz CT molecular complexity index is 149. The average molecular weight is 190 g/mol. The molecule has 1 aliphatic heterocycles. The number of rotatable bonds is 3. The summed E-state index contributed by atoms with van der Waals surface area (Å²) < 4.78 is 5.49. The quantitative estimate of drug-likeness (QED) is 0.622. The van der Waals surface area contributed by atoms with Gasteiger partial charge in [-0.1, -0.05) is 0 Å². The van der Waals surface area contributed by atoms with E-state index in [4.69, 9.17) is 16.3 Å². The SMILES string of the molecule is ClCC1CN(CC2CC2)CCO1. The van der Waals surface area contributed by atoms with Crippen LogP contribution >= 0.6 is 11.6 Å². The van der Waals surface area contributed by atoms with Crippen molar-refractivity contribution in [3.63, 3.8) is 0 Å². The van der Waals surface area contributed by atoms with E-state index in [2.05, 4.69) is 4.90 Å². The summed E-state index contributed by atoms with van der Waals surface area (Å²) in [5.41, 5.74) is 0. The first-order chi connectivity index (χ1) is 5.88. The summed E-state index contributed by atoms with van der Waals surface area (Å²) in [4.78, 5) is 2.49. The maximum atomic E-state index is 5.75. The third kappa shape index (κ3) is 2.35. The van der Waals surface area contributed by atoms with Crippen LogP contribution in [-0.2, 0) is 4.74 Å². The Hall–Kier alpha value is 0.210. The molecular formula is C9H16ClNO. The van der Waals surface area contributed by atoms with Crippen LogP contribution in [0.1, 0.15) is 12.8 Å². The summed E-state index contributed by atoms with van der Waals surface area (Å²) in [5.74, 6) is 1.63. The van der Waals surface area contributed by atoms with Crippen molar-refractivity contribution >= 4 is 11.6 Å². The normalized spacial score (nSPS) is 32.2. The van der Waals surface area contributed by atoms with Gasteiger partial charge in [-0.05, 0) is 18.8 Å². The van der Waals surface area contributed by atoms with E-state index in [0.717, 1.165) is 25.6 Å². The van der Waals surface area contributed by atoms with E-state index in [-0.39, 0.29) is 6.10 Å². The molecule has 0 spiro atoms. The second kappa shape index (κ2) is 3.95. The van der Waals surface area contributed by atoms with Gasteiger partial charge in [0.25, 0.3) is 0 Å². The molecule has 3 heteroatoms. The van der Waals surface area contributed by atoms with Crippen LogP contribution < -0.4 is 0 Å². The van der Waals surface area contributed by atoms with Gasteiger partial charge in [0, 0.05) is 25.5 Å². The van der Waals surface area contributed by atoms with Gasteiger partial charge < -0.3 is 4.74 Å². The Morgan fingerprint density at radius 3 is 2.92 bits per heavy atom. The molecule has 0 aromatic heterocycles. The number of nitrogens with zero attached hydrogens (tertiary/aromatic N) is 1. The fraction of sp³-hybridized carbons (Fsp3) is 1.00. The second-order valence-corrected chi connectivity index (χ2v) is 4.16. The second-order valence-electron chi connectivity index (χ2n) is 3.85. The first-order valence-electron chi connectivity index (χ1n) is 4.78. The molecule has 2 fully saturated rings. The number of ether oxygens (including phenoxy) is 1. The summed E-state index contributed by atoms with van der Waals surface area (Å²) in [6, 6.07) is 0. The van der Waals surface area contributed by atoms with Crippen LogP contribution in [0.25, 0.3) is 0 Å². The number of alkyl halides is 1. The molecule has 0 aromatic rings. The summed E-state index contributed by atoms with van der Waals surface area (Å²) in [5, 5.41) is 0. The zero-order valence-electron chi connectivity index (χ0n) is 7.34. The number of hydrogen-bond donors (Lipinski definition) is 0. The van der Waals surface area contributed by atoms with Gasteiger partial charge in [-0.25, -0.2) is 0 Å². The number of hydrogen-bond acceptors (Lipinski definition) is 2. The molecule has 0 N–H and O–H groups in total. The van der Waals surface area contributed by atoms with E-state index < -0.39 is 0 Å². The molecule has 1 saturated heterocycles. The van der Waals surface area contributed by atoms with Crippen LogP contribution in [0, 0.1) is 5.92 Å². The van der Waals surface area contributed by atoms with Crippen molar-refractivity contribution in [2.45, 2.75) is 18.9 Å². The van der Waals surface area contributed by atoms with Crippen molar-refractivity contribution in [1.29, 1.82) is 0 Å². The molecule has 0 aromatic carbocycles. The fourth-order valence-corrected chi connectivity index (χ4v) is 1.89. The summed E-state index contributed by atoms with van der Waals surface area (Å²) >= 11 is 5.75. The van der Waals surface area contributed by atoms with Crippen LogP contribution in [-0.4, -0.2) is 43.1 Å². The molecule has 2 nitrogen and oxygen atoms in total. The lowest BCUT2D eigenvalue weighted by Crippen LogP contribution is -2.44. The van der Waals surface area contributed by atoms with Crippen molar-refractivity contribution in [2.75, 3.05) is 32.1 Å². The lowest BCUT2D eigenvalue weighted by atomic mass is 10.2. The van der Waals surface area contributed by atoms with Crippen LogP contribution in [0.15, 0.2) is 0 Å². The number of morpholine rings is 1. The van der Waals surface area contributed by atoms with E-state index in [1.165, 1.54) is 19.4 Å². The minimum Gasteiger partial charge on any atom is -0.374 e. The zero-order valence-corrected chi connectivity index (χ0v) is 8.09. The smallest absolute Gasteiger partial charge is 0.0837 e. The highest BCUT2D eigenvalue weighted by Gasteiger charge is 2.27. The van der Waals surface area contributed by atoms with Gasteiger partial charge in [0.2, 0.25) is 0 Å². The van der Waals surface area contributed by atoms with Crippen LogP contribution in [0.3, 0.4) is 0 Å². The molecule has 1 saturated carbocycles. The molecule has 0 amide bonds. The van der Waals surface area contributed by atoms with Crippen molar-refractivity contribution in [3.05, 3.63) is 0 Å². The largest absolute Gasteiger partial charge is 0.374 e. The molecule has 1 atom stereocenters. The standard InChI is InChI=1S/C9H16ClNO/c10-5-9-7-11(3-4-12-9)6-8-1-2-8/h8-9H,1-7H2. The van der Waals surface area contributed by atoms with Gasteiger partial charge in [0.1, 0.15) is 0 Å². The van der Waals surface area contributed by atoms with Gasteiger partial charge in [0.05, 0.1) is 12.7 Å². The highest BCUT2D eigenvalue weighted by molar-refractivity contribution is 6.18. The third-order valence-corrected chi connectivity index (χ3v) is 2.95. The van der Waals surface area contributed by atoms with Crippen molar-refractivity contribution in [2.24, 2.45) is 5.92 Å². The third-order valence-electron chi connectivity index (χ3n) is 2.61. The highest BCUT2D eigenvalue weighted by Crippen LogP contribution is 2.30. The maximum Gasteiger partial charge on any atom is 0.0837 e. The van der Waals surface area contributed by atoms with Crippen molar-refractivity contribution in [1.82, 2.24) is 4.90 Å². The molecule has 0 radical (unpaired) electrons. The summed E-state index contributed by atoms with van der Waals surface area (Å²) in [6.45, 7) is 4.28. The topological polar surface area (TPSA) is 12.5 Å². The van der Waals surface area contributed by atoms with Gasteiger partial charge in [-0.3, -0.25) is 4.90 Å². The monoisotopic (exact) mass is 189 g/mol. The Balaban J connectivity index is 1.73. The Morgan fingerprint density at radius 2 is 2.25 bits per heavy atom. The molecule has 12 heavy (non-hydrogen) atoms. The average Bonchev–Trinajstić information content (AvgIpc) is 2.89. The lowest BCUT2D eigenvalue weighted by molar-refractivity contribution is -0.0177. The first-order valence-corrected chi connectivity index (χ1v) is 5.32. The minimum atomic E-state index is 0.277. The van der Waals surface area contributed by atoms with Gasteiger partial charge in [-0.15, -0.1) is 11.6 Å². The lowest BCUT2D eigenvalue weighted by Gasteiger charge is -2.31. The first kappa shape index (κ1) is 8.79. The van der Waals surface area contributed by atoms with E-state index in [1.54, 1.807) is 0 Å². The van der Waals surface area contributed by atoms with Crippen molar-refractivity contribution < 1.29 is 4.74 Å². The minimum absolute atomic E-state index is 0.277. The van der Waals surface area contributed by atoms with Gasteiger partial charge in [-0.2, -0.15) is 0 Å². The van der Waals surface area contributed by atoms with Crippen LogP contribution in [0.4, 0.5) is 0 Å².